The van der Waals surface area contributed by atoms with Crippen LogP contribution in [-0.4, -0.2) is 30.5 Å². The van der Waals surface area contributed by atoms with Crippen molar-refractivity contribution < 1.29 is 9.53 Å². The van der Waals surface area contributed by atoms with Crippen LogP contribution in [0.3, 0.4) is 0 Å². The van der Waals surface area contributed by atoms with Crippen molar-refractivity contribution in [3.05, 3.63) is 63.1 Å². The van der Waals surface area contributed by atoms with Crippen molar-refractivity contribution in [2.45, 2.75) is 46.2 Å². The highest BCUT2D eigenvalue weighted by atomic mass is 79.9. The fourth-order valence-electron chi connectivity index (χ4n) is 3.60. The number of hydrogen-bond acceptors (Lipinski definition) is 3. The molecule has 150 valence electrons. The van der Waals surface area contributed by atoms with E-state index < -0.39 is 0 Å². The smallest absolute Gasteiger partial charge is 0.258 e. The molecule has 0 unspecified atom stereocenters. The van der Waals surface area contributed by atoms with Crippen molar-refractivity contribution in [2.24, 2.45) is 0 Å². The summed E-state index contributed by atoms with van der Waals surface area (Å²) in [4.78, 5) is 14.7. The van der Waals surface area contributed by atoms with Crippen LogP contribution in [0, 0.1) is 13.8 Å². The molecule has 1 fully saturated rings. The molecule has 1 saturated heterocycles. The van der Waals surface area contributed by atoms with Crippen LogP contribution in [0.25, 0.3) is 0 Å². The molecular formula is C23H29BrN2O2. The minimum absolute atomic E-state index is 0.0218. The molecule has 1 aliphatic heterocycles. The van der Waals surface area contributed by atoms with Crippen LogP contribution in [0.1, 0.15) is 41.5 Å². The van der Waals surface area contributed by atoms with Crippen molar-refractivity contribution in [2.75, 3.05) is 19.7 Å². The van der Waals surface area contributed by atoms with Gasteiger partial charge in [0.1, 0.15) is 5.75 Å². The van der Waals surface area contributed by atoms with Crippen molar-refractivity contribution in [1.29, 1.82) is 0 Å². The molecule has 5 heteroatoms. The number of halogens is 1. The molecule has 2 aromatic rings. The Morgan fingerprint density at radius 2 is 1.75 bits per heavy atom. The summed E-state index contributed by atoms with van der Waals surface area (Å²) in [5.41, 5.74) is 4.63. The average Bonchev–Trinajstić information content (AvgIpc) is 2.70. The Morgan fingerprint density at radius 3 is 2.46 bits per heavy atom. The van der Waals surface area contributed by atoms with Gasteiger partial charge < -0.3 is 10.1 Å². The van der Waals surface area contributed by atoms with E-state index in [1.54, 1.807) is 0 Å². The fraction of sp³-hybridized carbons (Fsp3) is 0.435. The van der Waals surface area contributed by atoms with Crippen LogP contribution in [0.2, 0.25) is 0 Å². The molecule has 0 atom stereocenters. The summed E-state index contributed by atoms with van der Waals surface area (Å²) in [6, 6.07) is 12.4. The third-order valence-corrected chi connectivity index (χ3v) is 6.37. The summed E-state index contributed by atoms with van der Waals surface area (Å²) in [7, 11) is 0. The Balaban J connectivity index is 1.47. The number of piperidine rings is 1. The van der Waals surface area contributed by atoms with Gasteiger partial charge in [-0.25, -0.2) is 0 Å². The zero-order valence-corrected chi connectivity index (χ0v) is 18.3. The van der Waals surface area contributed by atoms with Crippen molar-refractivity contribution in [3.63, 3.8) is 0 Å². The molecule has 0 bridgehead atoms. The van der Waals surface area contributed by atoms with Crippen molar-refractivity contribution >= 4 is 21.8 Å². The molecule has 1 amide bonds. The van der Waals surface area contributed by atoms with Gasteiger partial charge in [0.25, 0.3) is 5.91 Å². The molecule has 0 radical (unpaired) electrons. The topological polar surface area (TPSA) is 41.6 Å². The Kier molecular flexibility index (Phi) is 7.51. The quantitative estimate of drug-likeness (QED) is 0.669. The first-order chi connectivity index (χ1) is 13.5. The van der Waals surface area contributed by atoms with Crippen LogP contribution < -0.4 is 10.1 Å². The van der Waals surface area contributed by atoms with Crippen LogP contribution >= 0.6 is 15.9 Å². The number of nitrogens with zero attached hydrogens (tertiary/aromatic N) is 1. The van der Waals surface area contributed by atoms with E-state index in [0.717, 1.165) is 33.5 Å². The van der Waals surface area contributed by atoms with Gasteiger partial charge >= 0.3 is 0 Å². The van der Waals surface area contributed by atoms with Gasteiger partial charge in [0.2, 0.25) is 0 Å². The average molecular weight is 445 g/mol. The second kappa shape index (κ2) is 10.1. The predicted octanol–water partition coefficient (Wildman–Crippen LogP) is 4.75. The molecule has 1 N–H and O–H groups in total. The highest BCUT2D eigenvalue weighted by molar-refractivity contribution is 9.10. The van der Waals surface area contributed by atoms with Crippen LogP contribution in [0.5, 0.6) is 5.75 Å². The summed E-state index contributed by atoms with van der Waals surface area (Å²) in [6.07, 6.45) is 3.95. The number of hydrogen-bond donors (Lipinski definition) is 1. The van der Waals surface area contributed by atoms with Gasteiger partial charge in [-0.3, -0.25) is 9.69 Å². The standard InChI is InChI=1S/C23H29BrN2O2/c1-17-11-21(12-18(2)23(17)24)28-16-22(27)25-14-19-7-6-8-20(13-19)15-26-9-4-3-5-10-26/h6-8,11-13H,3-5,9-10,14-16H2,1-2H3,(H,25,27). The van der Waals surface area contributed by atoms with E-state index in [0.29, 0.717) is 6.54 Å². The maximum Gasteiger partial charge on any atom is 0.258 e. The second-order valence-corrected chi connectivity index (χ2v) is 8.39. The number of rotatable bonds is 7. The van der Waals surface area contributed by atoms with Gasteiger partial charge in [-0.15, -0.1) is 0 Å². The summed E-state index contributed by atoms with van der Waals surface area (Å²) in [5.74, 6) is 0.608. The summed E-state index contributed by atoms with van der Waals surface area (Å²) in [6.45, 7) is 7.94. The zero-order valence-electron chi connectivity index (χ0n) is 16.8. The first kappa shape index (κ1) is 20.9. The molecule has 0 saturated carbocycles. The molecule has 0 aromatic heterocycles. The summed E-state index contributed by atoms with van der Waals surface area (Å²) < 4.78 is 6.74. The lowest BCUT2D eigenvalue weighted by Crippen LogP contribution is -2.29. The fourth-order valence-corrected chi connectivity index (χ4v) is 3.83. The molecule has 1 aliphatic rings. The number of likely N-dealkylation sites (tertiary alicyclic amines) is 1. The lowest BCUT2D eigenvalue weighted by molar-refractivity contribution is -0.123. The Labute approximate surface area is 176 Å². The van der Waals surface area contributed by atoms with E-state index in [1.165, 1.54) is 37.9 Å². The number of carbonyl (C=O) groups is 1. The molecule has 4 nitrogen and oxygen atoms in total. The molecule has 28 heavy (non-hydrogen) atoms. The Morgan fingerprint density at radius 1 is 1.07 bits per heavy atom. The molecule has 1 heterocycles. The van der Waals surface area contributed by atoms with Gasteiger partial charge in [0, 0.05) is 17.6 Å². The minimum atomic E-state index is -0.111. The van der Waals surface area contributed by atoms with Gasteiger partial charge in [0.05, 0.1) is 0 Å². The Hall–Kier alpha value is -1.85. The van der Waals surface area contributed by atoms with Crippen LogP contribution in [-0.2, 0) is 17.9 Å². The Bertz CT molecular complexity index is 793. The van der Waals surface area contributed by atoms with Gasteiger partial charge in [-0.1, -0.05) is 46.6 Å². The zero-order chi connectivity index (χ0) is 19.9. The van der Waals surface area contributed by atoms with Crippen molar-refractivity contribution in [1.82, 2.24) is 10.2 Å². The van der Waals surface area contributed by atoms with Crippen LogP contribution in [0.15, 0.2) is 40.9 Å². The lowest BCUT2D eigenvalue weighted by Gasteiger charge is -2.26. The number of benzene rings is 2. The molecular weight excluding hydrogens is 416 g/mol. The number of nitrogens with one attached hydrogen (secondary N) is 1. The molecule has 3 rings (SSSR count). The maximum atomic E-state index is 12.2. The van der Waals surface area contributed by atoms with Gasteiger partial charge in [-0.2, -0.15) is 0 Å². The number of amides is 1. The van der Waals surface area contributed by atoms with E-state index in [9.17, 15) is 4.79 Å². The second-order valence-electron chi connectivity index (χ2n) is 7.59. The normalized spacial score (nSPS) is 14.7. The van der Waals surface area contributed by atoms with E-state index in [1.807, 2.05) is 26.0 Å². The van der Waals surface area contributed by atoms with Crippen molar-refractivity contribution in [3.8, 4) is 5.75 Å². The molecule has 0 aliphatic carbocycles. The third-order valence-electron chi connectivity index (χ3n) is 5.12. The first-order valence-electron chi connectivity index (χ1n) is 9.97. The summed E-state index contributed by atoms with van der Waals surface area (Å²) >= 11 is 3.54. The number of carbonyl (C=O) groups excluding carboxylic acids is 1. The van der Waals surface area contributed by atoms with E-state index >= 15 is 0 Å². The molecule has 2 aromatic carbocycles. The van der Waals surface area contributed by atoms with Crippen LogP contribution in [0.4, 0.5) is 0 Å². The van der Waals surface area contributed by atoms with E-state index in [4.69, 9.17) is 4.74 Å². The summed E-state index contributed by atoms with van der Waals surface area (Å²) in [5, 5.41) is 2.95. The number of ether oxygens (including phenoxy) is 1. The maximum absolute atomic E-state index is 12.2. The first-order valence-corrected chi connectivity index (χ1v) is 10.8. The van der Waals surface area contributed by atoms with E-state index in [-0.39, 0.29) is 12.5 Å². The minimum Gasteiger partial charge on any atom is -0.484 e. The largest absolute Gasteiger partial charge is 0.484 e. The lowest BCUT2D eigenvalue weighted by atomic mass is 10.1. The van der Waals surface area contributed by atoms with E-state index in [2.05, 4.69) is 50.4 Å². The monoisotopic (exact) mass is 444 g/mol. The van der Waals surface area contributed by atoms with Gasteiger partial charge in [-0.05, 0) is 74.2 Å². The third kappa shape index (κ3) is 6.08. The number of aryl methyl sites for hydroxylation is 2. The van der Waals surface area contributed by atoms with Gasteiger partial charge in [0.15, 0.2) is 6.61 Å². The highest BCUT2D eigenvalue weighted by Crippen LogP contribution is 2.26. The molecule has 0 spiro atoms. The predicted molar refractivity (Wildman–Crippen MR) is 117 cm³/mol. The highest BCUT2D eigenvalue weighted by Gasteiger charge is 2.11. The SMILES string of the molecule is Cc1cc(OCC(=O)NCc2cccc(CN3CCCCC3)c2)cc(C)c1Br.